The summed E-state index contributed by atoms with van der Waals surface area (Å²) in [6.45, 7) is 5.47. The number of methoxy groups -OCH3 is 1. The number of nitrogens with one attached hydrogen (secondary N) is 2. The number of benzene rings is 2. The minimum atomic E-state index is -5.09. The van der Waals surface area contributed by atoms with Gasteiger partial charge in [0.05, 0.1) is 24.3 Å². The topological polar surface area (TPSA) is 83.6 Å². The van der Waals surface area contributed by atoms with Crippen molar-refractivity contribution in [1.82, 2.24) is 9.88 Å². The van der Waals surface area contributed by atoms with Gasteiger partial charge in [0, 0.05) is 41.6 Å². The molecule has 2 N–H and O–H groups in total. The highest BCUT2D eigenvalue weighted by molar-refractivity contribution is 5.87. The summed E-state index contributed by atoms with van der Waals surface area (Å²) in [5.74, 6) is 1.16. The van der Waals surface area contributed by atoms with Crippen LogP contribution in [-0.2, 0) is 12.4 Å². The van der Waals surface area contributed by atoms with Crippen molar-refractivity contribution in [3.63, 3.8) is 0 Å². The normalized spacial score (nSPS) is 22.4. The maximum atomic E-state index is 13.5. The van der Waals surface area contributed by atoms with E-state index in [1.54, 1.807) is 18.5 Å². The highest BCUT2D eigenvalue weighted by Crippen LogP contribution is 2.44. The molecule has 0 radical (unpaired) electrons. The Balaban J connectivity index is 1.43. The Hall–Kier alpha value is -4.39. The van der Waals surface area contributed by atoms with E-state index in [2.05, 4.69) is 27.1 Å². The molecular weight excluding hydrogens is 602 g/mol. The van der Waals surface area contributed by atoms with Crippen LogP contribution in [-0.4, -0.2) is 36.1 Å². The lowest BCUT2D eigenvalue weighted by Crippen LogP contribution is -2.56. The molecule has 4 unspecified atom stereocenters. The molecule has 4 heterocycles. The molecule has 7 nitrogen and oxygen atoms in total. The molecule has 13 heteroatoms. The largest absolute Gasteiger partial charge is 0.497 e. The number of pyridine rings is 1. The first kappa shape index (κ1) is 30.6. The number of rotatable bonds is 8. The van der Waals surface area contributed by atoms with Crippen molar-refractivity contribution in [2.45, 2.75) is 37.3 Å². The fourth-order valence-electron chi connectivity index (χ4n) is 6.62. The molecule has 236 valence electrons. The van der Waals surface area contributed by atoms with E-state index in [4.69, 9.17) is 4.74 Å². The van der Waals surface area contributed by atoms with Gasteiger partial charge in [0.25, 0.3) is 10.9 Å². The van der Waals surface area contributed by atoms with Gasteiger partial charge in [0.2, 0.25) is 0 Å². The maximum Gasteiger partial charge on any atom is 0.416 e. The second-order valence-corrected chi connectivity index (χ2v) is 11.5. The molecule has 7 rings (SSSR count). The summed E-state index contributed by atoms with van der Waals surface area (Å²) in [6, 6.07) is 5.56. The first-order chi connectivity index (χ1) is 21.3. The Bertz CT molecular complexity index is 1810. The number of hydrogen-bond acceptors (Lipinski definition) is 7. The Morgan fingerprint density at radius 2 is 1.69 bits per heavy atom. The standard InChI is InChI=1S/C32H28F6N4O3/c1-3-16-15-42-7-6-17(16)8-25(42)26(24-14-39-13-18-4-5-22(45-2)12-23(18)24)41-28-27(29(43)30(28)44)40-21-10-19(31(33,34)35)9-20(11-21)32(36,37)38/h3-5,9-14,16-17,25-26,40-41H,1,6-8,15H2,2H3/t16?,17?,25?,26-/m1/s1. The molecule has 2 bridgehead atoms. The molecule has 3 aromatic carbocycles. The van der Waals surface area contributed by atoms with E-state index in [1.807, 2.05) is 18.2 Å². The van der Waals surface area contributed by atoms with Gasteiger partial charge in [-0.25, -0.2) is 0 Å². The molecule has 0 aliphatic carbocycles. The van der Waals surface area contributed by atoms with E-state index in [1.165, 1.54) is 7.11 Å². The fraction of sp³-hybridized carbons (Fsp3) is 0.344. The fourth-order valence-corrected chi connectivity index (χ4v) is 6.62. The van der Waals surface area contributed by atoms with E-state index in [-0.39, 0.29) is 23.7 Å². The van der Waals surface area contributed by atoms with Gasteiger partial charge in [-0.05, 0) is 73.0 Å². The molecule has 3 aliphatic rings. The number of ether oxygens (including phenoxy) is 1. The van der Waals surface area contributed by atoms with E-state index >= 15 is 0 Å². The summed E-state index contributed by atoms with van der Waals surface area (Å²) >= 11 is 0. The number of hydrogen-bond donors (Lipinski definition) is 2. The van der Waals surface area contributed by atoms with Crippen LogP contribution in [0.4, 0.5) is 43.4 Å². The predicted octanol–water partition coefficient (Wildman–Crippen LogP) is 6.67. The highest BCUT2D eigenvalue weighted by Gasteiger charge is 2.44. The molecule has 1 aromatic heterocycles. The monoisotopic (exact) mass is 630 g/mol. The van der Waals surface area contributed by atoms with Crippen molar-refractivity contribution in [2.24, 2.45) is 11.8 Å². The van der Waals surface area contributed by atoms with Gasteiger partial charge < -0.3 is 15.4 Å². The maximum absolute atomic E-state index is 13.5. The van der Waals surface area contributed by atoms with Gasteiger partial charge in [0.15, 0.2) is 0 Å². The average Bonchev–Trinajstić information content (AvgIpc) is 3.03. The lowest BCUT2D eigenvalue weighted by Gasteiger charge is -2.52. The van der Waals surface area contributed by atoms with Crippen LogP contribution in [0.5, 0.6) is 5.75 Å². The number of nitrogens with zero attached hydrogens (tertiary/aromatic N) is 2. The minimum absolute atomic E-state index is 0.00659. The van der Waals surface area contributed by atoms with Crippen molar-refractivity contribution in [1.29, 1.82) is 0 Å². The number of halogens is 6. The molecule has 45 heavy (non-hydrogen) atoms. The molecule has 3 fully saturated rings. The van der Waals surface area contributed by atoms with Crippen molar-refractivity contribution in [3.8, 4) is 5.75 Å². The van der Waals surface area contributed by atoms with Gasteiger partial charge in [-0.15, -0.1) is 6.58 Å². The third-order valence-corrected chi connectivity index (χ3v) is 8.94. The second kappa shape index (κ2) is 11.2. The zero-order valence-electron chi connectivity index (χ0n) is 23.9. The molecule has 0 amide bonds. The van der Waals surface area contributed by atoms with E-state index in [0.717, 1.165) is 36.7 Å². The van der Waals surface area contributed by atoms with Gasteiger partial charge in [-0.2, -0.15) is 26.3 Å². The van der Waals surface area contributed by atoms with E-state index in [9.17, 15) is 35.9 Å². The van der Waals surface area contributed by atoms with Gasteiger partial charge in [-0.1, -0.05) is 6.08 Å². The number of piperidine rings is 3. The van der Waals surface area contributed by atoms with Crippen LogP contribution >= 0.6 is 0 Å². The quantitative estimate of drug-likeness (QED) is 0.128. The lowest BCUT2D eigenvalue weighted by atomic mass is 9.73. The number of aromatic nitrogens is 1. The third-order valence-electron chi connectivity index (χ3n) is 8.94. The Morgan fingerprint density at radius 3 is 2.29 bits per heavy atom. The zero-order chi connectivity index (χ0) is 32.3. The Labute approximate surface area is 253 Å². The molecule has 0 saturated carbocycles. The molecular formula is C32H28F6N4O3. The Kier molecular flexibility index (Phi) is 7.62. The van der Waals surface area contributed by atoms with E-state index < -0.39 is 51.8 Å². The predicted molar refractivity (Wildman–Crippen MR) is 158 cm³/mol. The number of fused-ring (bicyclic) bond motifs is 4. The van der Waals surface area contributed by atoms with Crippen LogP contribution in [0.3, 0.4) is 0 Å². The van der Waals surface area contributed by atoms with Crippen LogP contribution in [0.2, 0.25) is 0 Å². The van der Waals surface area contributed by atoms with Crippen LogP contribution < -0.4 is 26.2 Å². The Morgan fingerprint density at radius 1 is 1.00 bits per heavy atom. The van der Waals surface area contributed by atoms with Crippen LogP contribution in [0.1, 0.15) is 35.6 Å². The summed E-state index contributed by atoms with van der Waals surface area (Å²) in [6.07, 6.45) is -3.25. The van der Waals surface area contributed by atoms with Crippen LogP contribution in [0.25, 0.3) is 10.8 Å². The molecule has 3 aliphatic heterocycles. The smallest absolute Gasteiger partial charge is 0.416 e. The van der Waals surface area contributed by atoms with Crippen molar-refractivity contribution < 1.29 is 31.1 Å². The molecule has 5 atom stereocenters. The minimum Gasteiger partial charge on any atom is -0.497 e. The average molecular weight is 631 g/mol. The van der Waals surface area contributed by atoms with Gasteiger partial charge >= 0.3 is 12.4 Å². The van der Waals surface area contributed by atoms with Gasteiger partial charge in [0.1, 0.15) is 17.1 Å². The first-order valence-electron chi connectivity index (χ1n) is 14.2. The summed E-state index contributed by atoms with van der Waals surface area (Å²) < 4.78 is 86.4. The van der Waals surface area contributed by atoms with Crippen LogP contribution in [0.15, 0.2) is 71.0 Å². The number of alkyl halides is 6. The first-order valence-corrected chi connectivity index (χ1v) is 14.2. The molecule has 3 saturated heterocycles. The highest BCUT2D eigenvalue weighted by atomic mass is 19.4. The molecule has 4 aromatic rings. The molecule has 0 spiro atoms. The van der Waals surface area contributed by atoms with Crippen LogP contribution in [0, 0.1) is 11.8 Å². The summed E-state index contributed by atoms with van der Waals surface area (Å²) in [7, 11) is 1.53. The number of anilines is 3. The summed E-state index contributed by atoms with van der Waals surface area (Å²) in [5.41, 5.74) is -5.67. The SMILES string of the molecule is C=CC1CN2CCC1CC2[C@H](Nc1c(Nc2cc(C(F)(F)F)cc(C(F)(F)F)c2)c(=O)c1=O)c1cncc2ccc(OC)cc12. The zero-order valence-corrected chi connectivity index (χ0v) is 23.9. The second-order valence-electron chi connectivity index (χ2n) is 11.5. The lowest BCUT2D eigenvalue weighted by molar-refractivity contribution is -0.143. The summed E-state index contributed by atoms with van der Waals surface area (Å²) in [4.78, 5) is 32.4. The summed E-state index contributed by atoms with van der Waals surface area (Å²) in [5, 5.41) is 7.12. The van der Waals surface area contributed by atoms with Crippen molar-refractivity contribution in [3.05, 3.63) is 98.6 Å². The van der Waals surface area contributed by atoms with Crippen molar-refractivity contribution in [2.75, 3.05) is 30.8 Å². The van der Waals surface area contributed by atoms with E-state index in [0.29, 0.717) is 29.4 Å². The third kappa shape index (κ3) is 5.65. The van der Waals surface area contributed by atoms with Crippen molar-refractivity contribution >= 4 is 27.8 Å². The van der Waals surface area contributed by atoms with Gasteiger partial charge in [-0.3, -0.25) is 19.5 Å².